The smallest absolute Gasteiger partial charge is 0.326 e. The fourth-order valence-corrected chi connectivity index (χ4v) is 4.61. The number of hydrogen-bond donors (Lipinski definition) is 2. The van der Waals surface area contributed by atoms with E-state index in [1.165, 1.54) is 48.7 Å². The van der Waals surface area contributed by atoms with Crippen LogP contribution in [-0.2, 0) is 29.1 Å². The molecule has 2 amide bonds. The van der Waals surface area contributed by atoms with Gasteiger partial charge in [-0.25, -0.2) is 8.42 Å². The lowest BCUT2D eigenvalue weighted by atomic mass is 10.2. The van der Waals surface area contributed by atoms with Crippen LogP contribution in [0.3, 0.4) is 0 Å². The Balaban J connectivity index is 1.48. The van der Waals surface area contributed by atoms with Gasteiger partial charge in [-0.2, -0.15) is 4.31 Å². The summed E-state index contributed by atoms with van der Waals surface area (Å²) in [4.78, 5) is 36.7. The first-order valence-corrected chi connectivity index (χ1v) is 12.3. The van der Waals surface area contributed by atoms with Crippen LogP contribution < -0.4 is 15.4 Å². The maximum atomic E-state index is 12.7. The molecule has 11 nitrogen and oxygen atoms in total. The summed E-state index contributed by atoms with van der Waals surface area (Å²) in [6.45, 7) is 2.20. The molecule has 2 aromatic carbocycles. The van der Waals surface area contributed by atoms with E-state index in [9.17, 15) is 22.8 Å². The number of anilines is 1. The first-order valence-electron chi connectivity index (χ1n) is 10.8. The Labute approximate surface area is 203 Å². The zero-order chi connectivity index (χ0) is 25.4. The molecule has 1 saturated heterocycles. The van der Waals surface area contributed by atoms with Gasteiger partial charge in [0.25, 0.3) is 11.8 Å². The van der Waals surface area contributed by atoms with Crippen LogP contribution in [0.15, 0.2) is 53.4 Å². The first kappa shape index (κ1) is 26.1. The number of amides is 2. The summed E-state index contributed by atoms with van der Waals surface area (Å²) in [6.07, 6.45) is -1.15. The van der Waals surface area contributed by atoms with Gasteiger partial charge in [-0.3, -0.25) is 14.4 Å². The number of nitrogens with zero attached hydrogens (tertiary/aromatic N) is 1. The number of hydrogen-bond acceptors (Lipinski definition) is 8. The molecule has 2 aromatic rings. The van der Waals surface area contributed by atoms with Gasteiger partial charge in [-0.15, -0.1) is 0 Å². The Hall–Kier alpha value is -3.48. The number of rotatable bonds is 9. The van der Waals surface area contributed by atoms with Crippen LogP contribution in [0.4, 0.5) is 5.69 Å². The Morgan fingerprint density at radius 2 is 1.77 bits per heavy atom. The highest BCUT2D eigenvalue weighted by molar-refractivity contribution is 7.89. The van der Waals surface area contributed by atoms with Crippen LogP contribution in [0.2, 0.25) is 0 Å². The lowest BCUT2D eigenvalue weighted by Gasteiger charge is -2.26. The summed E-state index contributed by atoms with van der Waals surface area (Å²) in [7, 11) is -2.17. The molecule has 0 aromatic heterocycles. The zero-order valence-electron chi connectivity index (χ0n) is 19.4. The van der Waals surface area contributed by atoms with Gasteiger partial charge in [0.1, 0.15) is 12.3 Å². The standard InChI is InChI=1S/C23H27N3O8S/c1-16(34-21(27)15-24-23(29)17-4-3-5-19(14-17)32-2)22(28)25-18-6-8-20(9-7-18)35(30,31)26-10-12-33-13-11-26/h3-9,14,16H,10-13,15H2,1-2H3,(H,24,29)(H,25,28). The van der Waals surface area contributed by atoms with E-state index in [4.69, 9.17) is 14.2 Å². The van der Waals surface area contributed by atoms with E-state index >= 15 is 0 Å². The van der Waals surface area contributed by atoms with E-state index in [0.717, 1.165) is 0 Å². The molecule has 0 bridgehead atoms. The van der Waals surface area contributed by atoms with Gasteiger partial charge in [-0.05, 0) is 49.4 Å². The van der Waals surface area contributed by atoms with Crippen molar-refractivity contribution in [3.8, 4) is 5.75 Å². The van der Waals surface area contributed by atoms with E-state index in [2.05, 4.69) is 10.6 Å². The molecule has 35 heavy (non-hydrogen) atoms. The summed E-state index contributed by atoms with van der Waals surface area (Å²) >= 11 is 0. The normalized spacial score (nSPS) is 15.0. The van der Waals surface area contributed by atoms with Crippen LogP contribution in [0, 0.1) is 0 Å². The van der Waals surface area contributed by atoms with Crippen LogP contribution in [0.5, 0.6) is 5.75 Å². The van der Waals surface area contributed by atoms with Crippen LogP contribution >= 0.6 is 0 Å². The SMILES string of the molecule is COc1cccc(C(=O)NCC(=O)OC(C)C(=O)Nc2ccc(S(=O)(=O)N3CCOCC3)cc2)c1. The summed E-state index contributed by atoms with van der Waals surface area (Å²) in [5.74, 6) is -1.40. The Morgan fingerprint density at radius 1 is 1.09 bits per heavy atom. The number of sulfonamides is 1. The molecular weight excluding hydrogens is 478 g/mol. The monoisotopic (exact) mass is 505 g/mol. The number of carbonyl (C=O) groups is 3. The minimum Gasteiger partial charge on any atom is -0.497 e. The highest BCUT2D eigenvalue weighted by Gasteiger charge is 2.26. The molecule has 2 N–H and O–H groups in total. The number of benzene rings is 2. The van der Waals surface area contributed by atoms with Gasteiger partial charge in [-0.1, -0.05) is 6.07 Å². The second-order valence-electron chi connectivity index (χ2n) is 7.58. The minimum atomic E-state index is -3.65. The number of carbonyl (C=O) groups excluding carboxylic acids is 3. The molecule has 3 rings (SSSR count). The lowest BCUT2D eigenvalue weighted by molar-refractivity contribution is -0.152. The number of ether oxygens (including phenoxy) is 3. The molecule has 1 fully saturated rings. The molecule has 0 aliphatic carbocycles. The second kappa shape index (κ2) is 11.8. The van der Waals surface area contributed by atoms with Crippen molar-refractivity contribution >= 4 is 33.5 Å². The van der Waals surface area contributed by atoms with Crippen molar-refractivity contribution in [2.24, 2.45) is 0 Å². The van der Waals surface area contributed by atoms with E-state index in [0.29, 0.717) is 30.2 Å². The van der Waals surface area contributed by atoms with Crippen LogP contribution in [0.1, 0.15) is 17.3 Å². The van der Waals surface area contributed by atoms with E-state index in [1.807, 2.05) is 0 Å². The Morgan fingerprint density at radius 3 is 2.43 bits per heavy atom. The van der Waals surface area contributed by atoms with Crippen molar-refractivity contribution in [3.63, 3.8) is 0 Å². The van der Waals surface area contributed by atoms with Crippen molar-refractivity contribution in [2.45, 2.75) is 17.9 Å². The van der Waals surface area contributed by atoms with Crippen molar-refractivity contribution in [3.05, 3.63) is 54.1 Å². The number of morpholine rings is 1. The second-order valence-corrected chi connectivity index (χ2v) is 9.51. The Kier molecular flexibility index (Phi) is 8.79. The van der Waals surface area contributed by atoms with Gasteiger partial charge in [0.15, 0.2) is 6.10 Å². The molecule has 12 heteroatoms. The van der Waals surface area contributed by atoms with E-state index in [-0.39, 0.29) is 18.0 Å². The van der Waals surface area contributed by atoms with Gasteiger partial charge in [0, 0.05) is 24.3 Å². The molecular formula is C23H27N3O8S. The zero-order valence-corrected chi connectivity index (χ0v) is 20.2. The summed E-state index contributed by atoms with van der Waals surface area (Å²) in [5.41, 5.74) is 0.646. The van der Waals surface area contributed by atoms with Crippen molar-refractivity contribution in [2.75, 3.05) is 45.3 Å². The predicted molar refractivity (Wildman–Crippen MR) is 126 cm³/mol. The lowest BCUT2D eigenvalue weighted by Crippen LogP contribution is -2.40. The molecule has 0 spiro atoms. The molecule has 1 aliphatic rings. The summed E-state index contributed by atoms with van der Waals surface area (Å²) in [5, 5.41) is 4.98. The van der Waals surface area contributed by atoms with Crippen molar-refractivity contribution < 1.29 is 37.0 Å². The maximum absolute atomic E-state index is 12.7. The quantitative estimate of drug-likeness (QED) is 0.482. The average molecular weight is 506 g/mol. The van der Waals surface area contributed by atoms with Crippen LogP contribution in [0.25, 0.3) is 0 Å². The molecule has 0 saturated carbocycles. The number of esters is 1. The van der Waals surface area contributed by atoms with Gasteiger partial charge in [0.05, 0.1) is 25.2 Å². The minimum absolute atomic E-state index is 0.101. The molecule has 1 heterocycles. The molecule has 1 atom stereocenters. The largest absolute Gasteiger partial charge is 0.497 e. The van der Waals surface area contributed by atoms with Crippen molar-refractivity contribution in [1.29, 1.82) is 0 Å². The van der Waals surface area contributed by atoms with Gasteiger partial charge >= 0.3 is 5.97 Å². The third-order valence-electron chi connectivity index (χ3n) is 5.13. The van der Waals surface area contributed by atoms with Crippen molar-refractivity contribution in [1.82, 2.24) is 9.62 Å². The maximum Gasteiger partial charge on any atom is 0.326 e. The van der Waals surface area contributed by atoms with Crippen LogP contribution in [-0.4, -0.2) is 76.6 Å². The predicted octanol–water partition coefficient (Wildman–Crippen LogP) is 1.02. The highest BCUT2D eigenvalue weighted by Crippen LogP contribution is 2.19. The Bertz CT molecular complexity index is 1160. The highest BCUT2D eigenvalue weighted by atomic mass is 32.2. The molecule has 0 radical (unpaired) electrons. The van der Waals surface area contributed by atoms with Gasteiger partial charge < -0.3 is 24.8 Å². The molecule has 1 unspecified atom stereocenters. The van der Waals surface area contributed by atoms with E-state index in [1.54, 1.807) is 18.2 Å². The fourth-order valence-electron chi connectivity index (χ4n) is 3.20. The van der Waals surface area contributed by atoms with E-state index < -0.39 is 40.5 Å². The topological polar surface area (TPSA) is 140 Å². The number of nitrogens with one attached hydrogen (secondary N) is 2. The van der Waals surface area contributed by atoms with Gasteiger partial charge in [0.2, 0.25) is 10.0 Å². The fraction of sp³-hybridized carbons (Fsp3) is 0.348. The summed E-state index contributed by atoms with van der Waals surface area (Å²) < 4.78 is 42.0. The summed E-state index contributed by atoms with van der Waals surface area (Å²) in [6, 6.07) is 12.1. The third-order valence-corrected chi connectivity index (χ3v) is 7.05. The third kappa shape index (κ3) is 7.01. The average Bonchev–Trinajstić information content (AvgIpc) is 2.88. The molecule has 188 valence electrons. The number of methoxy groups -OCH3 is 1. The first-order chi connectivity index (χ1) is 16.7. The molecule has 1 aliphatic heterocycles.